The fourth-order valence-corrected chi connectivity index (χ4v) is 11.5. The van der Waals surface area contributed by atoms with Gasteiger partial charge in [-0.25, -0.2) is 15.0 Å². The SMILES string of the molecule is CC1(C)CCC(C)(C)c2c1ccc1c2c2ccc3ccccc3c2n1-c1cccc(-c2nc(-c3ccccc3-c3ccccc3)nc(-c3cccc4sc5ccccc5c34)n2)c1. The molecule has 11 aromatic rings. The Balaban J connectivity index is 1.13. The minimum absolute atomic E-state index is 0.0291. The van der Waals surface area contributed by atoms with Crippen LogP contribution in [0.15, 0.2) is 170 Å². The van der Waals surface area contributed by atoms with Crippen LogP contribution in [0.4, 0.5) is 0 Å². The van der Waals surface area contributed by atoms with Gasteiger partial charge in [0.2, 0.25) is 0 Å². The summed E-state index contributed by atoms with van der Waals surface area (Å²) >= 11 is 1.81. The summed E-state index contributed by atoms with van der Waals surface area (Å²) in [5, 5.41) is 7.52. The summed E-state index contributed by atoms with van der Waals surface area (Å²) in [6, 6.07) is 61.2. The van der Waals surface area contributed by atoms with Crippen LogP contribution in [0.3, 0.4) is 0 Å². The molecule has 0 fully saturated rings. The molecule has 62 heavy (non-hydrogen) atoms. The van der Waals surface area contributed by atoms with E-state index in [4.69, 9.17) is 15.0 Å². The minimum atomic E-state index is 0.0291. The van der Waals surface area contributed by atoms with Gasteiger partial charge < -0.3 is 4.57 Å². The summed E-state index contributed by atoms with van der Waals surface area (Å²) in [7, 11) is 0. The van der Waals surface area contributed by atoms with Gasteiger partial charge in [-0.1, -0.05) is 167 Å². The highest BCUT2D eigenvalue weighted by Gasteiger charge is 2.39. The van der Waals surface area contributed by atoms with E-state index in [9.17, 15) is 0 Å². The van der Waals surface area contributed by atoms with Crippen molar-refractivity contribution < 1.29 is 0 Å². The molecule has 0 saturated heterocycles. The van der Waals surface area contributed by atoms with E-state index in [0.717, 1.165) is 39.9 Å². The molecule has 0 atom stereocenters. The lowest BCUT2D eigenvalue weighted by molar-refractivity contribution is 0.334. The Labute approximate surface area is 365 Å². The summed E-state index contributed by atoms with van der Waals surface area (Å²) in [4.78, 5) is 16.1. The van der Waals surface area contributed by atoms with E-state index in [1.165, 1.54) is 70.3 Å². The van der Waals surface area contributed by atoms with Crippen molar-refractivity contribution in [1.82, 2.24) is 19.5 Å². The lowest BCUT2D eigenvalue weighted by Crippen LogP contribution is -2.34. The molecule has 0 amide bonds. The predicted molar refractivity (Wildman–Crippen MR) is 262 cm³/mol. The first-order chi connectivity index (χ1) is 30.2. The number of benzene rings is 8. The number of nitrogens with zero attached hydrogens (tertiary/aromatic N) is 4. The Kier molecular flexibility index (Phi) is 8.20. The molecule has 3 heterocycles. The molecular weight excluding hydrogens is 773 g/mol. The number of fused-ring (bicyclic) bond motifs is 10. The molecule has 12 rings (SSSR count). The standard InChI is InChI=1S/C57H44N4S/c1-56(2)32-33-57(3,4)51-45(56)30-31-46-50(51)43-29-28-36-18-8-9-22-40(36)52(43)61(46)38-20-14-19-37(34-38)53-58-54(41-23-11-10-21-39(41)35-16-6-5-7-17-35)60-55(59-53)44-25-15-27-48-49(44)42-24-12-13-26-47(42)62-48/h5-31,34H,32-33H2,1-4H3. The molecule has 1 aliphatic carbocycles. The van der Waals surface area contributed by atoms with Crippen molar-refractivity contribution in [3.05, 3.63) is 181 Å². The molecule has 8 aromatic carbocycles. The first-order valence-electron chi connectivity index (χ1n) is 21.7. The van der Waals surface area contributed by atoms with Gasteiger partial charge in [-0.05, 0) is 81.6 Å². The molecule has 298 valence electrons. The van der Waals surface area contributed by atoms with Gasteiger partial charge >= 0.3 is 0 Å². The van der Waals surface area contributed by atoms with Gasteiger partial charge in [-0.3, -0.25) is 0 Å². The van der Waals surface area contributed by atoms with Crippen molar-refractivity contribution in [3.8, 4) is 51.0 Å². The topological polar surface area (TPSA) is 43.6 Å². The van der Waals surface area contributed by atoms with Crippen LogP contribution in [-0.4, -0.2) is 19.5 Å². The van der Waals surface area contributed by atoms with Gasteiger partial charge in [0.1, 0.15) is 0 Å². The summed E-state index contributed by atoms with van der Waals surface area (Å²) in [6.07, 6.45) is 2.32. The zero-order valence-corrected chi connectivity index (χ0v) is 36.1. The third-order valence-corrected chi connectivity index (χ3v) is 14.6. The second-order valence-corrected chi connectivity index (χ2v) is 19.3. The third-order valence-electron chi connectivity index (χ3n) is 13.5. The first kappa shape index (κ1) is 36.9. The van der Waals surface area contributed by atoms with Crippen LogP contribution in [0.2, 0.25) is 0 Å². The van der Waals surface area contributed by atoms with Crippen molar-refractivity contribution >= 4 is 64.1 Å². The Hall–Kier alpha value is -6.95. The van der Waals surface area contributed by atoms with Crippen LogP contribution < -0.4 is 0 Å². The quantitative estimate of drug-likeness (QED) is 0.174. The fraction of sp³-hybridized carbons (Fsp3) is 0.140. The molecule has 4 nitrogen and oxygen atoms in total. The van der Waals surface area contributed by atoms with Crippen LogP contribution in [0.1, 0.15) is 51.7 Å². The van der Waals surface area contributed by atoms with Crippen molar-refractivity contribution in [2.24, 2.45) is 0 Å². The second-order valence-electron chi connectivity index (χ2n) is 18.2. The number of hydrogen-bond donors (Lipinski definition) is 0. The third kappa shape index (κ3) is 5.68. The highest BCUT2D eigenvalue weighted by molar-refractivity contribution is 7.25. The maximum absolute atomic E-state index is 5.40. The van der Waals surface area contributed by atoms with Crippen LogP contribution in [0.5, 0.6) is 0 Å². The molecule has 0 saturated carbocycles. The zero-order chi connectivity index (χ0) is 41.7. The van der Waals surface area contributed by atoms with Crippen molar-refractivity contribution in [3.63, 3.8) is 0 Å². The van der Waals surface area contributed by atoms with E-state index in [1.54, 1.807) is 0 Å². The van der Waals surface area contributed by atoms with Crippen LogP contribution in [0, 0.1) is 0 Å². The Morgan fingerprint density at radius 1 is 0.468 bits per heavy atom. The monoisotopic (exact) mass is 816 g/mol. The zero-order valence-electron chi connectivity index (χ0n) is 35.3. The number of hydrogen-bond acceptors (Lipinski definition) is 4. The van der Waals surface area contributed by atoms with E-state index in [0.29, 0.717) is 17.5 Å². The minimum Gasteiger partial charge on any atom is -0.309 e. The number of aromatic nitrogens is 4. The van der Waals surface area contributed by atoms with Gasteiger partial charge in [0.25, 0.3) is 0 Å². The van der Waals surface area contributed by atoms with Crippen LogP contribution in [-0.2, 0) is 10.8 Å². The molecule has 0 bridgehead atoms. The Morgan fingerprint density at radius 2 is 1.11 bits per heavy atom. The van der Waals surface area contributed by atoms with Crippen LogP contribution in [0.25, 0.3) is 104 Å². The maximum atomic E-state index is 5.40. The van der Waals surface area contributed by atoms with Crippen molar-refractivity contribution in [2.45, 2.75) is 51.4 Å². The number of thiophene rings is 1. The second kappa shape index (κ2) is 13.8. The van der Waals surface area contributed by atoms with E-state index in [2.05, 4.69) is 202 Å². The normalized spacial score (nSPS) is 14.6. The van der Waals surface area contributed by atoms with E-state index < -0.39 is 0 Å². The molecule has 0 radical (unpaired) electrons. The maximum Gasteiger partial charge on any atom is 0.164 e. The molecule has 3 aromatic heterocycles. The van der Waals surface area contributed by atoms with E-state index >= 15 is 0 Å². The van der Waals surface area contributed by atoms with E-state index in [-0.39, 0.29) is 10.8 Å². The number of rotatable bonds is 5. The molecule has 0 N–H and O–H groups in total. The predicted octanol–water partition coefficient (Wildman–Crippen LogP) is 15.5. The molecule has 0 spiro atoms. The van der Waals surface area contributed by atoms with Crippen LogP contribution >= 0.6 is 11.3 Å². The Morgan fingerprint density at radius 3 is 1.97 bits per heavy atom. The highest BCUT2D eigenvalue weighted by Crippen LogP contribution is 2.51. The molecular formula is C57H44N4S. The lowest BCUT2D eigenvalue weighted by Gasteiger charge is -2.42. The smallest absolute Gasteiger partial charge is 0.164 e. The van der Waals surface area contributed by atoms with E-state index in [1.807, 2.05) is 11.3 Å². The van der Waals surface area contributed by atoms with Gasteiger partial charge in [0.05, 0.1) is 11.0 Å². The summed E-state index contributed by atoms with van der Waals surface area (Å²) in [5.41, 5.74) is 11.7. The largest absolute Gasteiger partial charge is 0.309 e. The van der Waals surface area contributed by atoms with Gasteiger partial charge in [-0.2, -0.15) is 0 Å². The van der Waals surface area contributed by atoms with Crippen molar-refractivity contribution in [2.75, 3.05) is 0 Å². The Bertz CT molecular complexity index is 3590. The molecule has 0 unspecified atom stereocenters. The van der Waals surface area contributed by atoms with Gasteiger partial charge in [-0.15, -0.1) is 11.3 Å². The van der Waals surface area contributed by atoms with Gasteiger partial charge in [0.15, 0.2) is 17.5 Å². The molecule has 5 heteroatoms. The van der Waals surface area contributed by atoms with Crippen molar-refractivity contribution in [1.29, 1.82) is 0 Å². The summed E-state index contributed by atoms with van der Waals surface area (Å²) in [6.45, 7) is 9.72. The highest BCUT2D eigenvalue weighted by atomic mass is 32.1. The summed E-state index contributed by atoms with van der Waals surface area (Å²) < 4.78 is 4.96. The molecule has 1 aliphatic rings. The van der Waals surface area contributed by atoms with Gasteiger partial charge in [0, 0.05) is 58.7 Å². The average molecular weight is 817 g/mol. The molecule has 0 aliphatic heterocycles. The lowest BCUT2D eigenvalue weighted by atomic mass is 9.62. The summed E-state index contributed by atoms with van der Waals surface area (Å²) in [5.74, 6) is 1.94. The average Bonchev–Trinajstić information content (AvgIpc) is 3.87. The fourth-order valence-electron chi connectivity index (χ4n) is 10.3. The first-order valence-corrected chi connectivity index (χ1v) is 22.5.